The first-order valence-corrected chi connectivity index (χ1v) is 7.10. The van der Waals surface area contributed by atoms with Crippen molar-refractivity contribution in [2.24, 2.45) is 5.41 Å². The minimum Gasteiger partial charge on any atom is -0.317 e. The van der Waals surface area contributed by atoms with Crippen LogP contribution in [0, 0.1) is 5.41 Å². The average molecular weight is 241 g/mol. The molecule has 0 aromatic rings. The first-order valence-electron chi connectivity index (χ1n) is 7.10. The van der Waals surface area contributed by atoms with Crippen molar-refractivity contribution in [3.63, 3.8) is 0 Å². The maximum absolute atomic E-state index is 12.8. The lowest BCUT2D eigenvalue weighted by atomic mass is 9.60. The van der Waals surface area contributed by atoms with Crippen molar-refractivity contribution in [1.29, 1.82) is 0 Å². The van der Waals surface area contributed by atoms with Crippen LogP contribution >= 0.6 is 0 Å². The Labute approximate surface area is 103 Å². The third kappa shape index (κ3) is 2.11. The van der Waals surface area contributed by atoms with E-state index >= 15 is 0 Å². The first-order chi connectivity index (χ1) is 8.22. The smallest absolute Gasteiger partial charge is 0.0361 e. The van der Waals surface area contributed by atoms with E-state index in [0.29, 0.717) is 18.5 Å². The lowest BCUT2D eigenvalue weighted by Crippen LogP contribution is -2.65. The quantitative estimate of drug-likeness (QED) is 0.754. The summed E-state index contributed by atoms with van der Waals surface area (Å²) in [6, 6.07) is 1.50. The van der Waals surface area contributed by atoms with Crippen molar-refractivity contribution in [2.75, 3.05) is 32.7 Å². The Hall–Kier alpha value is -0.190. The Kier molecular flexibility index (Phi) is 3.13. The Morgan fingerprint density at radius 2 is 1.88 bits per heavy atom. The Balaban J connectivity index is 1.52. The number of nitrogens with zero attached hydrogens (tertiary/aromatic N) is 2. The fourth-order valence-electron chi connectivity index (χ4n) is 4.07. The highest BCUT2D eigenvalue weighted by molar-refractivity contribution is 5.06. The van der Waals surface area contributed by atoms with Crippen LogP contribution in [0.3, 0.4) is 0 Å². The summed E-state index contributed by atoms with van der Waals surface area (Å²) in [4.78, 5) is 2.69. The van der Waals surface area contributed by atoms with Gasteiger partial charge < -0.3 is 5.32 Å². The highest BCUT2D eigenvalue weighted by Crippen LogP contribution is 2.50. The van der Waals surface area contributed by atoms with Crippen LogP contribution < -0.4 is 5.32 Å². The van der Waals surface area contributed by atoms with E-state index < -0.39 is 0 Å². The molecule has 0 amide bonds. The molecule has 4 heteroatoms. The van der Waals surface area contributed by atoms with Crippen LogP contribution in [-0.2, 0) is 0 Å². The van der Waals surface area contributed by atoms with Gasteiger partial charge in [-0.05, 0) is 45.3 Å². The summed E-state index contributed by atoms with van der Waals surface area (Å²) in [5, 5.41) is 4.40. The van der Waals surface area contributed by atoms with Crippen LogP contribution in [-0.4, -0.2) is 54.8 Å². The Morgan fingerprint density at radius 3 is 2.41 bits per heavy atom. The topological polar surface area (TPSA) is 18.5 Å². The molecule has 3 fully saturated rings. The van der Waals surface area contributed by atoms with Gasteiger partial charge >= 0.3 is 0 Å². The van der Waals surface area contributed by atoms with Gasteiger partial charge in [-0.1, -0.05) is 6.92 Å². The van der Waals surface area contributed by atoms with Gasteiger partial charge in [0, 0.05) is 30.6 Å². The van der Waals surface area contributed by atoms with Gasteiger partial charge in [0.2, 0.25) is 0 Å². The molecule has 0 bridgehead atoms. The maximum atomic E-state index is 12.8. The number of piperidine rings is 1. The molecule has 0 radical (unpaired) electrons. The van der Waals surface area contributed by atoms with Crippen LogP contribution in [0.2, 0.25) is 0 Å². The second kappa shape index (κ2) is 4.48. The Bertz CT molecular complexity index is 264. The van der Waals surface area contributed by atoms with Gasteiger partial charge in [0.25, 0.3) is 0 Å². The summed E-state index contributed by atoms with van der Waals surface area (Å²) in [6.07, 6.45) is 5.02. The van der Waals surface area contributed by atoms with Gasteiger partial charge in [0.1, 0.15) is 0 Å². The Morgan fingerprint density at radius 1 is 1.24 bits per heavy atom. The molecule has 17 heavy (non-hydrogen) atoms. The van der Waals surface area contributed by atoms with Crippen molar-refractivity contribution in [3.05, 3.63) is 0 Å². The number of halogens is 1. The maximum Gasteiger partial charge on any atom is 0.0361 e. The fourth-order valence-corrected chi connectivity index (χ4v) is 4.07. The van der Waals surface area contributed by atoms with E-state index in [0.717, 1.165) is 36.8 Å². The fraction of sp³-hybridized carbons (Fsp3) is 1.00. The van der Waals surface area contributed by atoms with Crippen molar-refractivity contribution in [1.82, 2.24) is 15.3 Å². The zero-order valence-electron chi connectivity index (χ0n) is 10.8. The number of hydrogen-bond donors (Lipinski definition) is 1. The van der Waals surface area contributed by atoms with E-state index in [1.54, 1.807) is 0 Å². The van der Waals surface area contributed by atoms with E-state index in [1.165, 1.54) is 25.7 Å². The van der Waals surface area contributed by atoms with Crippen LogP contribution in [0.15, 0.2) is 0 Å². The third-order valence-electron chi connectivity index (χ3n) is 4.96. The second-order valence-corrected chi connectivity index (χ2v) is 6.15. The molecule has 1 aliphatic carbocycles. The van der Waals surface area contributed by atoms with E-state index in [4.69, 9.17) is 0 Å². The van der Waals surface area contributed by atoms with Crippen molar-refractivity contribution >= 4 is 0 Å². The van der Waals surface area contributed by atoms with E-state index in [1.807, 2.05) is 0 Å². The highest BCUT2D eigenvalue weighted by atomic mass is 19.2. The molecule has 1 spiro atoms. The zero-order valence-corrected chi connectivity index (χ0v) is 10.8. The molecule has 3 aliphatic rings. The van der Waals surface area contributed by atoms with Gasteiger partial charge in [-0.3, -0.25) is 4.90 Å². The van der Waals surface area contributed by atoms with Crippen molar-refractivity contribution in [2.45, 2.75) is 44.7 Å². The highest BCUT2D eigenvalue weighted by Gasteiger charge is 2.54. The molecule has 0 aromatic carbocycles. The van der Waals surface area contributed by atoms with Gasteiger partial charge in [0.15, 0.2) is 0 Å². The molecule has 0 atom stereocenters. The van der Waals surface area contributed by atoms with Crippen LogP contribution in [0.4, 0.5) is 4.48 Å². The van der Waals surface area contributed by atoms with Gasteiger partial charge in [-0.15, -0.1) is 9.60 Å². The molecule has 3 nitrogen and oxygen atoms in total. The molecule has 2 heterocycles. The van der Waals surface area contributed by atoms with Gasteiger partial charge in [-0.2, -0.15) is 0 Å². The largest absolute Gasteiger partial charge is 0.317 e. The molecule has 1 saturated carbocycles. The summed E-state index contributed by atoms with van der Waals surface area (Å²) in [5.74, 6) is 0. The van der Waals surface area contributed by atoms with Gasteiger partial charge in [0.05, 0.1) is 0 Å². The molecular formula is C13H24FN3. The second-order valence-electron chi connectivity index (χ2n) is 6.15. The minimum atomic E-state index is 0.361. The van der Waals surface area contributed by atoms with Crippen LogP contribution in [0.25, 0.3) is 0 Å². The molecule has 1 N–H and O–H groups in total. The molecule has 2 saturated heterocycles. The van der Waals surface area contributed by atoms with E-state index in [2.05, 4.69) is 17.1 Å². The third-order valence-corrected chi connectivity index (χ3v) is 4.96. The van der Waals surface area contributed by atoms with E-state index in [9.17, 15) is 4.48 Å². The minimum absolute atomic E-state index is 0.361. The van der Waals surface area contributed by atoms with E-state index in [-0.39, 0.29) is 0 Å². The molecule has 2 aliphatic heterocycles. The zero-order chi connectivity index (χ0) is 11.9. The predicted molar refractivity (Wildman–Crippen MR) is 66.4 cm³/mol. The average Bonchev–Trinajstić information content (AvgIpc) is 2.26. The van der Waals surface area contributed by atoms with Crippen molar-refractivity contribution in [3.8, 4) is 0 Å². The first kappa shape index (κ1) is 11.9. The molecule has 0 unspecified atom stereocenters. The summed E-state index contributed by atoms with van der Waals surface area (Å²) in [7, 11) is 0. The molecule has 0 aromatic heterocycles. The lowest BCUT2D eigenvalue weighted by Gasteiger charge is -2.59. The standard InChI is InChI=1S/C13H24FN3/c1-2-17(11-3-5-15-6-4-11)12-7-13(8-12)9-16(14)10-13/h11-12,15H,2-10H2,1H3. The van der Waals surface area contributed by atoms with Crippen LogP contribution in [0.1, 0.15) is 32.6 Å². The lowest BCUT2D eigenvalue weighted by molar-refractivity contribution is -0.192. The normalized spacial score (nSPS) is 30.5. The molecular weight excluding hydrogens is 217 g/mol. The van der Waals surface area contributed by atoms with Crippen molar-refractivity contribution < 1.29 is 4.48 Å². The SMILES string of the molecule is CCN(C1CCNCC1)C1CC2(C1)CN(F)C2. The van der Waals surface area contributed by atoms with Gasteiger partial charge in [-0.25, -0.2) is 0 Å². The monoisotopic (exact) mass is 241 g/mol. The summed E-state index contributed by atoms with van der Waals surface area (Å²) < 4.78 is 12.8. The number of hydrogen-bond acceptors (Lipinski definition) is 3. The van der Waals surface area contributed by atoms with Crippen LogP contribution in [0.5, 0.6) is 0 Å². The number of rotatable bonds is 3. The summed E-state index contributed by atoms with van der Waals surface area (Å²) in [6.45, 7) is 7.13. The number of nitrogens with one attached hydrogen (secondary N) is 1. The molecule has 98 valence electrons. The predicted octanol–water partition coefficient (Wildman–Crippen LogP) is 1.41. The molecule has 3 rings (SSSR count). The summed E-state index contributed by atoms with van der Waals surface area (Å²) in [5.41, 5.74) is 0.361. The summed E-state index contributed by atoms with van der Waals surface area (Å²) >= 11 is 0.